The van der Waals surface area contributed by atoms with Crippen LogP contribution in [0.1, 0.15) is 12.5 Å². The van der Waals surface area contributed by atoms with Crippen molar-refractivity contribution in [3.8, 4) is 0 Å². The van der Waals surface area contributed by atoms with E-state index in [2.05, 4.69) is 29.3 Å². The van der Waals surface area contributed by atoms with E-state index >= 15 is 0 Å². The molecule has 0 spiro atoms. The van der Waals surface area contributed by atoms with Gasteiger partial charge in [0.15, 0.2) is 0 Å². The fraction of sp³-hybridized carbons (Fsp3) is 0.538. The van der Waals surface area contributed by atoms with Crippen molar-refractivity contribution >= 4 is 29.1 Å². The van der Waals surface area contributed by atoms with Crippen LogP contribution < -0.4 is 10.2 Å². The van der Waals surface area contributed by atoms with Crippen LogP contribution in [0.4, 0.5) is 5.69 Å². The SMILES string of the molecule is CNCc1ccc(Cl)cc1N1CCSCC1C. The molecule has 1 aromatic carbocycles. The normalized spacial score (nSPS) is 20.6. The van der Waals surface area contributed by atoms with Gasteiger partial charge in [-0.3, -0.25) is 0 Å². The highest BCUT2D eigenvalue weighted by molar-refractivity contribution is 7.99. The number of nitrogens with one attached hydrogen (secondary N) is 1. The number of hydrogen-bond acceptors (Lipinski definition) is 3. The lowest BCUT2D eigenvalue weighted by atomic mass is 10.1. The first-order valence-corrected chi connectivity index (χ1v) is 7.53. The highest BCUT2D eigenvalue weighted by atomic mass is 35.5. The first-order chi connectivity index (χ1) is 8.22. The monoisotopic (exact) mass is 270 g/mol. The highest BCUT2D eigenvalue weighted by Gasteiger charge is 2.21. The standard InChI is InChI=1S/C13H19ClN2S/c1-10-9-17-6-5-16(10)13-7-12(14)4-3-11(13)8-15-2/h3-4,7,10,15H,5-6,8-9H2,1-2H3. The van der Waals surface area contributed by atoms with Gasteiger partial charge < -0.3 is 10.2 Å². The van der Waals surface area contributed by atoms with Crippen molar-refractivity contribution in [2.24, 2.45) is 0 Å². The summed E-state index contributed by atoms with van der Waals surface area (Å²) in [6.45, 7) is 4.29. The van der Waals surface area contributed by atoms with Gasteiger partial charge in [-0.05, 0) is 31.7 Å². The summed E-state index contributed by atoms with van der Waals surface area (Å²) in [6, 6.07) is 6.78. The molecule has 2 rings (SSSR count). The van der Waals surface area contributed by atoms with Gasteiger partial charge in [-0.15, -0.1) is 0 Å². The Balaban J connectivity index is 2.30. The molecule has 0 aliphatic carbocycles. The molecule has 0 aromatic heterocycles. The van der Waals surface area contributed by atoms with E-state index in [9.17, 15) is 0 Å². The van der Waals surface area contributed by atoms with Crippen molar-refractivity contribution < 1.29 is 0 Å². The van der Waals surface area contributed by atoms with Gasteiger partial charge in [-0.2, -0.15) is 11.8 Å². The quantitative estimate of drug-likeness (QED) is 0.909. The summed E-state index contributed by atoms with van der Waals surface area (Å²) in [5.41, 5.74) is 2.62. The minimum absolute atomic E-state index is 0.586. The van der Waals surface area contributed by atoms with E-state index in [1.807, 2.05) is 24.9 Å². The number of halogens is 1. The molecule has 1 aliphatic heterocycles. The minimum atomic E-state index is 0.586. The lowest BCUT2D eigenvalue weighted by Crippen LogP contribution is -2.41. The zero-order valence-electron chi connectivity index (χ0n) is 10.4. The van der Waals surface area contributed by atoms with Crippen LogP contribution in [0.5, 0.6) is 0 Å². The number of hydrogen-bond donors (Lipinski definition) is 1. The molecular weight excluding hydrogens is 252 g/mol. The Labute approximate surface area is 113 Å². The van der Waals surface area contributed by atoms with Gasteiger partial charge in [0.05, 0.1) is 0 Å². The first-order valence-electron chi connectivity index (χ1n) is 6.00. The van der Waals surface area contributed by atoms with E-state index in [1.54, 1.807) is 0 Å². The predicted molar refractivity (Wildman–Crippen MR) is 78.3 cm³/mol. The van der Waals surface area contributed by atoms with Crippen LogP contribution in [-0.2, 0) is 6.54 Å². The Hall–Kier alpha value is -0.380. The molecule has 1 fully saturated rings. The van der Waals surface area contributed by atoms with Crippen LogP contribution in [0, 0.1) is 0 Å². The maximum atomic E-state index is 6.13. The summed E-state index contributed by atoms with van der Waals surface area (Å²) in [5, 5.41) is 4.05. The summed E-state index contributed by atoms with van der Waals surface area (Å²) in [6.07, 6.45) is 0. The fourth-order valence-corrected chi connectivity index (χ4v) is 3.41. The Morgan fingerprint density at radius 1 is 1.53 bits per heavy atom. The average molecular weight is 271 g/mol. The van der Waals surface area contributed by atoms with Crippen molar-refractivity contribution in [2.45, 2.75) is 19.5 Å². The molecule has 17 heavy (non-hydrogen) atoms. The third-order valence-corrected chi connectivity index (χ3v) is 4.52. The number of thioether (sulfide) groups is 1. The zero-order chi connectivity index (χ0) is 12.3. The van der Waals surface area contributed by atoms with E-state index in [0.29, 0.717) is 6.04 Å². The molecule has 0 bridgehead atoms. The fourth-order valence-electron chi connectivity index (χ4n) is 2.23. The highest BCUT2D eigenvalue weighted by Crippen LogP contribution is 2.29. The lowest BCUT2D eigenvalue weighted by Gasteiger charge is -2.36. The molecule has 1 saturated heterocycles. The van der Waals surface area contributed by atoms with Gasteiger partial charge >= 0.3 is 0 Å². The summed E-state index contributed by atoms with van der Waals surface area (Å²) in [5.74, 6) is 2.40. The molecule has 94 valence electrons. The summed E-state index contributed by atoms with van der Waals surface area (Å²) >= 11 is 8.17. The van der Waals surface area contributed by atoms with E-state index in [4.69, 9.17) is 11.6 Å². The Morgan fingerprint density at radius 2 is 2.35 bits per heavy atom. The molecule has 1 atom stereocenters. The number of nitrogens with zero attached hydrogens (tertiary/aromatic N) is 1. The number of benzene rings is 1. The van der Waals surface area contributed by atoms with E-state index in [0.717, 1.165) is 18.1 Å². The van der Waals surface area contributed by atoms with Crippen molar-refractivity contribution in [1.29, 1.82) is 0 Å². The maximum absolute atomic E-state index is 6.13. The largest absolute Gasteiger partial charge is 0.367 e. The molecular formula is C13H19ClN2S. The average Bonchev–Trinajstić information content (AvgIpc) is 2.32. The van der Waals surface area contributed by atoms with Crippen molar-refractivity contribution in [1.82, 2.24) is 5.32 Å². The van der Waals surface area contributed by atoms with Crippen LogP contribution in [0.15, 0.2) is 18.2 Å². The van der Waals surface area contributed by atoms with E-state index in [-0.39, 0.29) is 0 Å². The molecule has 0 amide bonds. The molecule has 1 aromatic rings. The zero-order valence-corrected chi connectivity index (χ0v) is 11.9. The van der Waals surface area contributed by atoms with E-state index < -0.39 is 0 Å². The van der Waals surface area contributed by atoms with Crippen molar-refractivity contribution in [2.75, 3.05) is 30.0 Å². The van der Waals surface area contributed by atoms with Crippen LogP contribution in [0.3, 0.4) is 0 Å². The Bertz CT molecular complexity index is 384. The maximum Gasteiger partial charge on any atom is 0.0429 e. The van der Waals surface area contributed by atoms with Crippen LogP contribution >= 0.6 is 23.4 Å². The third kappa shape index (κ3) is 3.09. The minimum Gasteiger partial charge on any atom is -0.367 e. The van der Waals surface area contributed by atoms with Crippen LogP contribution in [0.2, 0.25) is 5.02 Å². The van der Waals surface area contributed by atoms with Gasteiger partial charge in [-0.25, -0.2) is 0 Å². The van der Waals surface area contributed by atoms with Gasteiger partial charge in [0, 0.05) is 41.3 Å². The molecule has 1 heterocycles. The van der Waals surface area contributed by atoms with Gasteiger partial charge in [-0.1, -0.05) is 17.7 Å². The Morgan fingerprint density at radius 3 is 3.06 bits per heavy atom. The second kappa shape index (κ2) is 5.98. The molecule has 2 nitrogen and oxygen atoms in total. The second-order valence-electron chi connectivity index (χ2n) is 4.42. The number of rotatable bonds is 3. The Kier molecular flexibility index (Phi) is 4.60. The van der Waals surface area contributed by atoms with Crippen LogP contribution in [-0.4, -0.2) is 31.1 Å². The smallest absolute Gasteiger partial charge is 0.0429 e. The van der Waals surface area contributed by atoms with Gasteiger partial charge in [0.1, 0.15) is 0 Å². The first kappa shape index (κ1) is 13.1. The number of anilines is 1. The van der Waals surface area contributed by atoms with Gasteiger partial charge in [0.2, 0.25) is 0 Å². The summed E-state index contributed by atoms with van der Waals surface area (Å²) in [7, 11) is 1.98. The van der Waals surface area contributed by atoms with Crippen molar-refractivity contribution in [3.63, 3.8) is 0 Å². The molecule has 1 unspecified atom stereocenters. The molecule has 1 N–H and O–H groups in total. The van der Waals surface area contributed by atoms with Crippen LogP contribution in [0.25, 0.3) is 0 Å². The molecule has 1 aliphatic rings. The van der Waals surface area contributed by atoms with Gasteiger partial charge in [0.25, 0.3) is 0 Å². The van der Waals surface area contributed by atoms with Crippen molar-refractivity contribution in [3.05, 3.63) is 28.8 Å². The summed E-state index contributed by atoms with van der Waals surface area (Å²) < 4.78 is 0. The third-order valence-electron chi connectivity index (χ3n) is 3.09. The second-order valence-corrected chi connectivity index (χ2v) is 6.01. The predicted octanol–water partition coefficient (Wildman–Crippen LogP) is 3.00. The topological polar surface area (TPSA) is 15.3 Å². The molecule has 0 radical (unpaired) electrons. The summed E-state index contributed by atoms with van der Waals surface area (Å²) in [4.78, 5) is 2.48. The lowest BCUT2D eigenvalue weighted by molar-refractivity contribution is 0.691. The van der Waals surface area contributed by atoms with E-state index in [1.165, 1.54) is 22.8 Å². The molecule has 4 heteroatoms. The molecule has 0 saturated carbocycles.